The topological polar surface area (TPSA) is 58.9 Å². The molecule has 0 amide bonds. The lowest BCUT2D eigenvalue weighted by Gasteiger charge is -2.04. The highest BCUT2D eigenvalue weighted by molar-refractivity contribution is 5.35. The van der Waals surface area contributed by atoms with Crippen molar-refractivity contribution in [3.05, 3.63) is 33.7 Å². The van der Waals surface area contributed by atoms with Crippen molar-refractivity contribution in [1.82, 2.24) is 4.98 Å². The normalized spacial score (nSPS) is 10.8. The number of nitrogens with two attached hydrogens (primary N) is 1. The van der Waals surface area contributed by atoms with Gasteiger partial charge >= 0.3 is 6.18 Å². The van der Waals surface area contributed by atoms with Gasteiger partial charge in [-0.15, -0.1) is 0 Å². The Kier molecular flexibility index (Phi) is 3.74. The molecule has 0 aromatic carbocycles. The average molecular weight is 230 g/mol. The Hall–Kier alpha value is -1.74. The molecular formula is C10H9F3N2O. The summed E-state index contributed by atoms with van der Waals surface area (Å²) in [5, 5.41) is 0. The fourth-order valence-electron chi connectivity index (χ4n) is 1.00. The zero-order chi connectivity index (χ0) is 12.2. The van der Waals surface area contributed by atoms with Crippen molar-refractivity contribution in [1.29, 1.82) is 0 Å². The molecule has 3 nitrogen and oxygen atoms in total. The van der Waals surface area contributed by atoms with Crippen molar-refractivity contribution in [3.8, 4) is 11.8 Å². The highest BCUT2D eigenvalue weighted by Gasteiger charge is 2.33. The summed E-state index contributed by atoms with van der Waals surface area (Å²) >= 11 is 0. The monoisotopic (exact) mass is 230 g/mol. The zero-order valence-corrected chi connectivity index (χ0v) is 8.19. The number of hydrogen-bond acceptors (Lipinski definition) is 2. The Morgan fingerprint density at radius 1 is 1.44 bits per heavy atom. The summed E-state index contributed by atoms with van der Waals surface area (Å²) in [7, 11) is 0. The fourth-order valence-corrected chi connectivity index (χ4v) is 1.00. The van der Waals surface area contributed by atoms with Crippen molar-refractivity contribution < 1.29 is 13.2 Å². The minimum Gasteiger partial charge on any atom is -0.330 e. The van der Waals surface area contributed by atoms with Crippen LogP contribution in [0, 0.1) is 11.8 Å². The van der Waals surface area contributed by atoms with Crippen LogP contribution >= 0.6 is 0 Å². The Bertz CT molecular complexity index is 479. The summed E-state index contributed by atoms with van der Waals surface area (Å²) in [5.41, 5.74) is 2.87. The highest BCUT2D eigenvalue weighted by atomic mass is 19.4. The van der Waals surface area contributed by atoms with E-state index < -0.39 is 17.3 Å². The molecule has 0 aliphatic rings. The summed E-state index contributed by atoms with van der Waals surface area (Å²) < 4.78 is 37.0. The van der Waals surface area contributed by atoms with Gasteiger partial charge in [0.15, 0.2) is 0 Å². The molecule has 86 valence electrons. The number of halogens is 3. The van der Waals surface area contributed by atoms with Gasteiger partial charge in [-0.1, -0.05) is 11.8 Å². The molecular weight excluding hydrogens is 221 g/mol. The summed E-state index contributed by atoms with van der Waals surface area (Å²) in [5.74, 6) is 5.07. The lowest BCUT2D eigenvalue weighted by atomic mass is 10.2. The molecule has 1 heterocycles. The number of aromatic nitrogens is 1. The standard InChI is InChI=1S/C10H9F3N2O/c11-10(12,13)8-5-7(3-1-2-4-14)6-15-9(8)16/h5-6H,2,4,14H2,(H,15,16). The van der Waals surface area contributed by atoms with Crippen LogP contribution in [-0.2, 0) is 6.18 Å². The molecule has 1 rings (SSSR count). The molecule has 0 saturated carbocycles. The van der Waals surface area contributed by atoms with Gasteiger partial charge in [-0.25, -0.2) is 0 Å². The smallest absolute Gasteiger partial charge is 0.330 e. The van der Waals surface area contributed by atoms with Gasteiger partial charge in [-0.2, -0.15) is 13.2 Å². The van der Waals surface area contributed by atoms with Crippen LogP contribution in [-0.4, -0.2) is 11.5 Å². The first-order valence-electron chi connectivity index (χ1n) is 4.44. The third-order valence-corrected chi connectivity index (χ3v) is 1.71. The van der Waals surface area contributed by atoms with E-state index in [4.69, 9.17) is 5.73 Å². The number of aromatic amines is 1. The summed E-state index contributed by atoms with van der Waals surface area (Å²) in [6.07, 6.45) is -3.14. The van der Waals surface area contributed by atoms with E-state index in [0.717, 1.165) is 12.3 Å². The number of hydrogen-bond donors (Lipinski definition) is 2. The molecule has 0 aliphatic carbocycles. The van der Waals surface area contributed by atoms with Crippen molar-refractivity contribution in [3.63, 3.8) is 0 Å². The molecule has 3 N–H and O–H groups in total. The first-order valence-corrected chi connectivity index (χ1v) is 4.44. The van der Waals surface area contributed by atoms with Crippen LogP contribution in [0.5, 0.6) is 0 Å². The summed E-state index contributed by atoms with van der Waals surface area (Å²) in [4.78, 5) is 12.9. The van der Waals surface area contributed by atoms with E-state index in [-0.39, 0.29) is 5.56 Å². The number of alkyl halides is 3. The van der Waals surface area contributed by atoms with E-state index in [2.05, 4.69) is 11.8 Å². The molecule has 1 aromatic rings. The first-order chi connectivity index (χ1) is 7.45. The number of nitrogens with one attached hydrogen (secondary N) is 1. The van der Waals surface area contributed by atoms with Crippen LogP contribution < -0.4 is 11.3 Å². The molecule has 0 spiro atoms. The van der Waals surface area contributed by atoms with Gasteiger partial charge in [-0.3, -0.25) is 4.79 Å². The lowest BCUT2D eigenvalue weighted by Crippen LogP contribution is -2.21. The number of pyridine rings is 1. The van der Waals surface area contributed by atoms with E-state index in [0.29, 0.717) is 13.0 Å². The second kappa shape index (κ2) is 4.86. The van der Waals surface area contributed by atoms with Gasteiger partial charge in [0.25, 0.3) is 5.56 Å². The van der Waals surface area contributed by atoms with Crippen LogP contribution in [0.25, 0.3) is 0 Å². The van der Waals surface area contributed by atoms with Crippen molar-refractivity contribution >= 4 is 0 Å². The van der Waals surface area contributed by atoms with Crippen LogP contribution in [0.15, 0.2) is 17.1 Å². The van der Waals surface area contributed by atoms with Crippen molar-refractivity contribution in [2.24, 2.45) is 5.73 Å². The van der Waals surface area contributed by atoms with Gasteiger partial charge in [0.05, 0.1) is 0 Å². The fraction of sp³-hybridized carbons (Fsp3) is 0.300. The van der Waals surface area contributed by atoms with Gasteiger partial charge in [0.2, 0.25) is 0 Å². The highest BCUT2D eigenvalue weighted by Crippen LogP contribution is 2.26. The third-order valence-electron chi connectivity index (χ3n) is 1.71. The van der Waals surface area contributed by atoms with E-state index in [1.54, 1.807) is 0 Å². The Balaban J connectivity index is 3.10. The Morgan fingerprint density at radius 2 is 2.12 bits per heavy atom. The Morgan fingerprint density at radius 3 is 2.69 bits per heavy atom. The maximum Gasteiger partial charge on any atom is 0.421 e. The third kappa shape index (κ3) is 3.14. The van der Waals surface area contributed by atoms with Gasteiger partial charge in [-0.05, 0) is 6.07 Å². The molecule has 0 fully saturated rings. The molecule has 0 aliphatic heterocycles. The van der Waals surface area contributed by atoms with E-state index in [9.17, 15) is 18.0 Å². The summed E-state index contributed by atoms with van der Waals surface area (Å²) in [6.45, 7) is 0.336. The average Bonchev–Trinajstić information content (AvgIpc) is 2.19. The van der Waals surface area contributed by atoms with Crippen LogP contribution in [0.1, 0.15) is 17.5 Å². The van der Waals surface area contributed by atoms with Gasteiger partial charge in [0, 0.05) is 24.7 Å². The number of H-pyrrole nitrogens is 1. The van der Waals surface area contributed by atoms with Crippen LogP contribution in [0.3, 0.4) is 0 Å². The molecule has 1 aromatic heterocycles. The van der Waals surface area contributed by atoms with Crippen molar-refractivity contribution in [2.75, 3.05) is 6.54 Å². The molecule has 6 heteroatoms. The van der Waals surface area contributed by atoms with Crippen LogP contribution in [0.2, 0.25) is 0 Å². The van der Waals surface area contributed by atoms with E-state index in [1.165, 1.54) is 0 Å². The zero-order valence-electron chi connectivity index (χ0n) is 8.19. The predicted molar refractivity (Wildman–Crippen MR) is 52.6 cm³/mol. The first kappa shape index (κ1) is 12.3. The van der Waals surface area contributed by atoms with Crippen molar-refractivity contribution in [2.45, 2.75) is 12.6 Å². The minimum absolute atomic E-state index is 0.111. The maximum absolute atomic E-state index is 12.3. The van der Waals surface area contributed by atoms with E-state index >= 15 is 0 Å². The van der Waals surface area contributed by atoms with Gasteiger partial charge in [0.1, 0.15) is 5.56 Å². The molecule has 0 saturated heterocycles. The largest absolute Gasteiger partial charge is 0.421 e. The van der Waals surface area contributed by atoms with Gasteiger partial charge < -0.3 is 10.7 Å². The Labute approximate surface area is 89.5 Å². The maximum atomic E-state index is 12.3. The summed E-state index contributed by atoms with van der Waals surface area (Å²) in [6, 6.07) is 0.725. The molecule has 0 bridgehead atoms. The molecule has 0 radical (unpaired) electrons. The molecule has 0 unspecified atom stereocenters. The minimum atomic E-state index is -4.67. The molecule has 0 atom stereocenters. The lowest BCUT2D eigenvalue weighted by molar-refractivity contribution is -0.138. The quantitative estimate of drug-likeness (QED) is 0.709. The predicted octanol–water partition coefficient (Wildman–Crippen LogP) is 1.09. The SMILES string of the molecule is NCCC#Cc1c[nH]c(=O)c(C(F)(F)F)c1. The number of rotatable bonds is 1. The van der Waals surface area contributed by atoms with E-state index in [1.807, 2.05) is 4.98 Å². The molecule has 16 heavy (non-hydrogen) atoms. The van der Waals surface area contributed by atoms with Crippen LogP contribution in [0.4, 0.5) is 13.2 Å². The second-order valence-electron chi connectivity index (χ2n) is 2.97. The second-order valence-corrected chi connectivity index (χ2v) is 2.97.